The molecular weight excluding hydrogens is 289 g/mol. The van der Waals surface area contributed by atoms with Crippen molar-refractivity contribution in [3.05, 3.63) is 17.9 Å². The fourth-order valence-corrected chi connectivity index (χ4v) is 2.90. The van der Waals surface area contributed by atoms with Gasteiger partial charge in [0.1, 0.15) is 0 Å². The highest BCUT2D eigenvalue weighted by Crippen LogP contribution is 2.26. The number of unbranched alkanes of at least 4 members (excludes halogenated alkanes) is 3. The number of halogens is 1. The minimum absolute atomic E-state index is 0.226. The van der Waals surface area contributed by atoms with E-state index in [9.17, 15) is 4.39 Å². The van der Waals surface area contributed by atoms with Crippen LogP contribution in [0.4, 0.5) is 10.3 Å². The Morgan fingerprint density at radius 1 is 1.29 bits per heavy atom. The molecule has 1 aromatic carbocycles. The summed E-state index contributed by atoms with van der Waals surface area (Å²) in [5.74, 6) is 1.46. The summed E-state index contributed by atoms with van der Waals surface area (Å²) in [4.78, 5) is 4.22. The summed E-state index contributed by atoms with van der Waals surface area (Å²) in [6.07, 6.45) is 6.82. The Hall–Kier alpha value is -1.43. The summed E-state index contributed by atoms with van der Waals surface area (Å²) >= 11 is 1.88. The third kappa shape index (κ3) is 3.81. The van der Waals surface area contributed by atoms with Crippen LogP contribution in [0, 0.1) is 5.82 Å². The number of hydrogen-bond acceptors (Lipinski definition) is 4. The fourth-order valence-electron chi connectivity index (χ4n) is 2.41. The summed E-state index contributed by atoms with van der Waals surface area (Å²) in [6.45, 7) is 0.802. The number of benzene rings is 1. The van der Waals surface area contributed by atoms with Crippen molar-refractivity contribution in [1.29, 1.82) is 0 Å². The van der Waals surface area contributed by atoms with Gasteiger partial charge in [-0.15, -0.1) is 0 Å². The van der Waals surface area contributed by atoms with Crippen LogP contribution in [0.5, 0.6) is 5.75 Å². The zero-order valence-electron chi connectivity index (χ0n) is 12.6. The van der Waals surface area contributed by atoms with Gasteiger partial charge in [0.2, 0.25) is 5.95 Å². The first-order valence-electron chi connectivity index (χ1n) is 7.15. The van der Waals surface area contributed by atoms with Gasteiger partial charge in [0, 0.05) is 18.7 Å². The Kier molecular flexibility index (Phi) is 5.73. The van der Waals surface area contributed by atoms with E-state index in [1.54, 1.807) is 6.07 Å². The molecule has 2 rings (SSSR count). The molecule has 1 aromatic heterocycles. The monoisotopic (exact) mass is 311 g/mol. The minimum Gasteiger partial charge on any atom is -0.494 e. The number of aryl methyl sites for hydroxylation is 1. The molecule has 0 unspecified atom stereocenters. The lowest BCUT2D eigenvalue weighted by Gasteiger charge is -2.07. The summed E-state index contributed by atoms with van der Waals surface area (Å²) < 4.78 is 20.6. The topological polar surface area (TPSA) is 53.1 Å². The molecule has 0 fully saturated rings. The lowest BCUT2D eigenvalue weighted by molar-refractivity contribution is 0.387. The van der Waals surface area contributed by atoms with Crippen LogP contribution in [0.1, 0.15) is 25.7 Å². The summed E-state index contributed by atoms with van der Waals surface area (Å²) in [5.41, 5.74) is 7.35. The SMILES string of the molecule is COc1cc2c(cc1F)nc(N)n2CCCCCCSC. The maximum absolute atomic E-state index is 13.7. The van der Waals surface area contributed by atoms with Crippen molar-refractivity contribution in [1.82, 2.24) is 9.55 Å². The van der Waals surface area contributed by atoms with E-state index in [2.05, 4.69) is 11.2 Å². The van der Waals surface area contributed by atoms with Gasteiger partial charge < -0.3 is 15.0 Å². The van der Waals surface area contributed by atoms with Crippen LogP contribution < -0.4 is 10.5 Å². The quantitative estimate of drug-likeness (QED) is 0.755. The molecule has 1 heterocycles. The highest BCUT2D eigenvalue weighted by molar-refractivity contribution is 7.98. The Morgan fingerprint density at radius 3 is 2.76 bits per heavy atom. The third-order valence-electron chi connectivity index (χ3n) is 3.53. The normalized spacial score (nSPS) is 11.2. The predicted octanol–water partition coefficient (Wildman–Crippen LogP) is 3.69. The number of thioether (sulfide) groups is 1. The molecule has 116 valence electrons. The second-order valence-corrected chi connectivity index (χ2v) is 5.99. The van der Waals surface area contributed by atoms with Crippen LogP contribution in [0.15, 0.2) is 12.1 Å². The standard InChI is InChI=1S/C15H22FN3OS/c1-20-14-10-13-12(9-11(14)16)18-15(17)19(13)7-5-3-4-6-8-21-2/h9-10H,3-8H2,1-2H3,(H2,17,18). The first kappa shape index (κ1) is 15.9. The molecule has 6 heteroatoms. The van der Waals surface area contributed by atoms with Crippen molar-refractivity contribution in [3.63, 3.8) is 0 Å². The molecular formula is C15H22FN3OS. The lowest BCUT2D eigenvalue weighted by Crippen LogP contribution is -2.03. The van der Waals surface area contributed by atoms with Gasteiger partial charge in [-0.05, 0) is 24.9 Å². The number of ether oxygens (including phenoxy) is 1. The van der Waals surface area contributed by atoms with E-state index in [-0.39, 0.29) is 5.75 Å². The zero-order chi connectivity index (χ0) is 15.2. The third-order valence-corrected chi connectivity index (χ3v) is 4.23. The maximum atomic E-state index is 13.7. The Labute approximate surface area is 128 Å². The van der Waals surface area contributed by atoms with E-state index in [1.165, 1.54) is 31.8 Å². The van der Waals surface area contributed by atoms with Crippen LogP contribution in [-0.4, -0.2) is 28.7 Å². The van der Waals surface area contributed by atoms with Crippen LogP contribution in [0.25, 0.3) is 11.0 Å². The Balaban J connectivity index is 2.06. The van der Waals surface area contributed by atoms with E-state index in [0.717, 1.165) is 24.9 Å². The molecule has 0 aliphatic heterocycles. The van der Waals surface area contributed by atoms with Crippen molar-refractivity contribution >= 4 is 28.7 Å². The fraction of sp³-hybridized carbons (Fsp3) is 0.533. The molecule has 0 radical (unpaired) electrons. The molecule has 0 aliphatic rings. The smallest absolute Gasteiger partial charge is 0.201 e. The van der Waals surface area contributed by atoms with E-state index in [1.807, 2.05) is 16.3 Å². The molecule has 21 heavy (non-hydrogen) atoms. The maximum Gasteiger partial charge on any atom is 0.201 e. The van der Waals surface area contributed by atoms with E-state index in [4.69, 9.17) is 10.5 Å². The van der Waals surface area contributed by atoms with E-state index < -0.39 is 5.82 Å². The predicted molar refractivity (Wildman–Crippen MR) is 87.5 cm³/mol. The highest BCUT2D eigenvalue weighted by atomic mass is 32.2. The largest absolute Gasteiger partial charge is 0.494 e. The molecule has 0 spiro atoms. The number of methoxy groups -OCH3 is 1. The van der Waals surface area contributed by atoms with E-state index in [0.29, 0.717) is 11.5 Å². The van der Waals surface area contributed by atoms with Gasteiger partial charge >= 0.3 is 0 Å². The zero-order valence-corrected chi connectivity index (χ0v) is 13.4. The number of anilines is 1. The second kappa shape index (κ2) is 7.54. The molecule has 0 aliphatic carbocycles. The van der Waals surface area contributed by atoms with Crippen molar-refractivity contribution in [3.8, 4) is 5.75 Å². The van der Waals surface area contributed by atoms with Crippen LogP contribution in [0.3, 0.4) is 0 Å². The number of imidazole rings is 1. The first-order chi connectivity index (χ1) is 10.2. The molecule has 0 saturated carbocycles. The number of aromatic nitrogens is 2. The van der Waals surface area contributed by atoms with Crippen LogP contribution in [-0.2, 0) is 6.54 Å². The number of fused-ring (bicyclic) bond motifs is 1. The Bertz CT molecular complexity index is 600. The van der Waals surface area contributed by atoms with Gasteiger partial charge in [-0.2, -0.15) is 11.8 Å². The average Bonchev–Trinajstić information content (AvgIpc) is 2.76. The molecule has 0 saturated heterocycles. The van der Waals surface area contributed by atoms with Crippen LogP contribution in [0.2, 0.25) is 0 Å². The number of nitrogens with zero attached hydrogens (tertiary/aromatic N) is 2. The van der Waals surface area contributed by atoms with Gasteiger partial charge in [0.25, 0.3) is 0 Å². The van der Waals surface area contributed by atoms with Gasteiger partial charge in [-0.1, -0.05) is 12.8 Å². The average molecular weight is 311 g/mol. The summed E-state index contributed by atoms with van der Waals surface area (Å²) in [5, 5.41) is 0. The van der Waals surface area contributed by atoms with Crippen molar-refractivity contribution in [2.45, 2.75) is 32.2 Å². The van der Waals surface area contributed by atoms with Gasteiger partial charge in [0.05, 0.1) is 18.1 Å². The number of nitrogens with two attached hydrogens (primary N) is 1. The molecule has 4 nitrogen and oxygen atoms in total. The molecule has 0 bridgehead atoms. The number of hydrogen-bond donors (Lipinski definition) is 1. The number of rotatable bonds is 8. The lowest BCUT2D eigenvalue weighted by atomic mass is 10.2. The van der Waals surface area contributed by atoms with Crippen LogP contribution >= 0.6 is 11.8 Å². The minimum atomic E-state index is -0.410. The van der Waals surface area contributed by atoms with Crippen molar-refractivity contribution in [2.24, 2.45) is 0 Å². The molecule has 0 amide bonds. The van der Waals surface area contributed by atoms with Crippen molar-refractivity contribution < 1.29 is 9.13 Å². The molecule has 0 atom stereocenters. The highest BCUT2D eigenvalue weighted by Gasteiger charge is 2.12. The van der Waals surface area contributed by atoms with E-state index >= 15 is 0 Å². The van der Waals surface area contributed by atoms with Gasteiger partial charge in [-0.3, -0.25) is 0 Å². The Morgan fingerprint density at radius 2 is 2.05 bits per heavy atom. The van der Waals surface area contributed by atoms with Gasteiger partial charge in [-0.25, -0.2) is 9.37 Å². The summed E-state index contributed by atoms with van der Waals surface area (Å²) in [6, 6.07) is 3.04. The first-order valence-corrected chi connectivity index (χ1v) is 8.55. The summed E-state index contributed by atoms with van der Waals surface area (Å²) in [7, 11) is 1.46. The second-order valence-electron chi connectivity index (χ2n) is 5.00. The molecule has 2 aromatic rings. The molecule has 2 N–H and O–H groups in total. The van der Waals surface area contributed by atoms with Crippen molar-refractivity contribution in [2.75, 3.05) is 24.9 Å². The van der Waals surface area contributed by atoms with Gasteiger partial charge in [0.15, 0.2) is 11.6 Å². The number of nitrogen functional groups attached to an aromatic ring is 1.